The monoisotopic (exact) mass is 252 g/mol. The van der Waals surface area contributed by atoms with Crippen LogP contribution in [0.5, 0.6) is 11.5 Å². The van der Waals surface area contributed by atoms with Crippen molar-refractivity contribution in [1.29, 1.82) is 0 Å². The van der Waals surface area contributed by atoms with Crippen LogP contribution >= 0.6 is 23.1 Å². The molecule has 2 nitrogen and oxygen atoms in total. The molecule has 0 spiro atoms. The molecule has 2 rings (SSSR count). The van der Waals surface area contributed by atoms with Gasteiger partial charge in [-0.3, -0.25) is 0 Å². The highest BCUT2D eigenvalue weighted by atomic mass is 32.2. The summed E-state index contributed by atoms with van der Waals surface area (Å²) in [7, 11) is 0. The number of rotatable bonds is 4. The summed E-state index contributed by atoms with van der Waals surface area (Å²) in [6.45, 7) is 0.543. The van der Waals surface area contributed by atoms with Crippen LogP contribution in [0.4, 0.5) is 0 Å². The molecule has 4 heteroatoms. The van der Waals surface area contributed by atoms with Crippen molar-refractivity contribution in [2.75, 3.05) is 6.26 Å². The Bertz CT molecular complexity index is 452. The summed E-state index contributed by atoms with van der Waals surface area (Å²) in [5, 5.41) is 13.7. The third-order valence-corrected chi connectivity index (χ3v) is 3.65. The van der Waals surface area contributed by atoms with Gasteiger partial charge in [0.05, 0.1) is 0 Å². The molecule has 0 saturated heterocycles. The van der Waals surface area contributed by atoms with Crippen molar-refractivity contribution in [1.82, 2.24) is 0 Å². The van der Waals surface area contributed by atoms with Gasteiger partial charge in [-0.25, -0.2) is 0 Å². The zero-order chi connectivity index (χ0) is 11.4. The van der Waals surface area contributed by atoms with Crippen LogP contribution in [-0.4, -0.2) is 11.4 Å². The maximum absolute atomic E-state index is 9.65. The molecule has 0 aliphatic carbocycles. The zero-order valence-corrected chi connectivity index (χ0v) is 10.5. The van der Waals surface area contributed by atoms with Crippen LogP contribution in [0.3, 0.4) is 0 Å². The lowest BCUT2D eigenvalue weighted by Crippen LogP contribution is -1.93. The molecule has 0 aliphatic rings. The number of thioether (sulfide) groups is 1. The zero-order valence-electron chi connectivity index (χ0n) is 8.84. The van der Waals surface area contributed by atoms with E-state index in [1.165, 1.54) is 11.8 Å². The Balaban J connectivity index is 2.02. The summed E-state index contributed by atoms with van der Waals surface area (Å²) in [5.74, 6) is 0.969. The molecule has 0 unspecified atom stereocenters. The number of hydrogen-bond acceptors (Lipinski definition) is 4. The summed E-state index contributed by atoms with van der Waals surface area (Å²) in [6, 6.07) is 7.42. The van der Waals surface area contributed by atoms with Crippen LogP contribution in [0.25, 0.3) is 0 Å². The van der Waals surface area contributed by atoms with Gasteiger partial charge in [-0.15, -0.1) is 11.8 Å². The molecular weight excluding hydrogens is 240 g/mol. The highest BCUT2D eigenvalue weighted by Gasteiger charge is 2.02. The topological polar surface area (TPSA) is 29.5 Å². The molecular formula is C12H12O2S2. The number of hydrogen-bond donors (Lipinski definition) is 1. The fourth-order valence-corrected chi connectivity index (χ4v) is 2.43. The predicted molar refractivity (Wildman–Crippen MR) is 68.5 cm³/mol. The Morgan fingerprint density at radius 3 is 2.88 bits per heavy atom. The van der Waals surface area contributed by atoms with E-state index in [0.717, 1.165) is 10.5 Å². The average molecular weight is 252 g/mol. The minimum absolute atomic E-state index is 0.273. The molecule has 2 aromatic rings. The minimum Gasteiger partial charge on any atom is -0.507 e. The first kappa shape index (κ1) is 11.4. The number of ether oxygens (including phenoxy) is 1. The lowest BCUT2D eigenvalue weighted by atomic mass is 10.3. The first-order valence-electron chi connectivity index (χ1n) is 4.80. The van der Waals surface area contributed by atoms with Gasteiger partial charge in [0.15, 0.2) is 0 Å². The third kappa shape index (κ3) is 2.71. The number of benzene rings is 1. The summed E-state index contributed by atoms with van der Waals surface area (Å²) in [6.07, 6.45) is 1.93. The van der Waals surface area contributed by atoms with Gasteiger partial charge >= 0.3 is 0 Å². The first-order chi connectivity index (χ1) is 7.79. The molecule has 1 aromatic heterocycles. The first-order valence-corrected chi connectivity index (χ1v) is 6.97. The van der Waals surface area contributed by atoms with Crippen LogP contribution in [-0.2, 0) is 6.61 Å². The molecule has 1 heterocycles. The quantitative estimate of drug-likeness (QED) is 0.840. The van der Waals surface area contributed by atoms with E-state index in [1.807, 2.05) is 29.8 Å². The SMILES string of the molecule is CSc1ccc(OCc2ccsc2)cc1O. The highest BCUT2D eigenvalue weighted by molar-refractivity contribution is 7.98. The van der Waals surface area contributed by atoms with Crippen LogP contribution in [0.1, 0.15) is 5.56 Å². The second kappa shape index (κ2) is 5.27. The molecule has 1 aromatic carbocycles. The van der Waals surface area contributed by atoms with Crippen molar-refractivity contribution in [2.45, 2.75) is 11.5 Å². The van der Waals surface area contributed by atoms with Gasteiger partial charge in [-0.2, -0.15) is 11.3 Å². The summed E-state index contributed by atoms with van der Waals surface area (Å²) < 4.78 is 5.57. The number of thiophene rings is 1. The molecule has 0 aliphatic heterocycles. The Morgan fingerprint density at radius 1 is 1.38 bits per heavy atom. The molecule has 0 bridgehead atoms. The van der Waals surface area contributed by atoms with Crippen molar-refractivity contribution in [3.05, 3.63) is 40.6 Å². The minimum atomic E-state index is 0.273. The Morgan fingerprint density at radius 2 is 2.25 bits per heavy atom. The van der Waals surface area contributed by atoms with Crippen molar-refractivity contribution in [2.24, 2.45) is 0 Å². The van der Waals surface area contributed by atoms with Crippen LogP contribution in [0.15, 0.2) is 39.9 Å². The maximum Gasteiger partial charge on any atom is 0.132 e. The summed E-state index contributed by atoms with van der Waals surface area (Å²) in [4.78, 5) is 0.864. The second-order valence-electron chi connectivity index (χ2n) is 3.25. The van der Waals surface area contributed by atoms with Crippen LogP contribution in [0, 0.1) is 0 Å². The molecule has 0 radical (unpaired) electrons. The normalized spacial score (nSPS) is 10.3. The predicted octanol–water partition coefficient (Wildman–Crippen LogP) is 3.75. The Kier molecular flexibility index (Phi) is 3.74. The molecule has 16 heavy (non-hydrogen) atoms. The number of phenolic OH excluding ortho intramolecular Hbond substituents is 1. The van der Waals surface area contributed by atoms with Crippen LogP contribution in [0.2, 0.25) is 0 Å². The van der Waals surface area contributed by atoms with Gasteiger partial charge in [0.25, 0.3) is 0 Å². The van der Waals surface area contributed by atoms with Gasteiger partial charge in [0.2, 0.25) is 0 Å². The van der Waals surface area contributed by atoms with E-state index < -0.39 is 0 Å². The van der Waals surface area contributed by atoms with E-state index in [1.54, 1.807) is 17.4 Å². The largest absolute Gasteiger partial charge is 0.507 e. The van der Waals surface area contributed by atoms with E-state index in [0.29, 0.717) is 12.4 Å². The van der Waals surface area contributed by atoms with E-state index in [-0.39, 0.29) is 5.75 Å². The fraction of sp³-hybridized carbons (Fsp3) is 0.167. The standard InChI is InChI=1S/C12H12O2S2/c1-15-12-3-2-10(6-11(12)13)14-7-9-4-5-16-8-9/h2-6,8,13H,7H2,1H3. The summed E-state index contributed by atoms with van der Waals surface area (Å²) >= 11 is 3.17. The van der Waals surface area contributed by atoms with E-state index in [2.05, 4.69) is 5.38 Å². The highest BCUT2D eigenvalue weighted by Crippen LogP contribution is 2.30. The molecule has 84 valence electrons. The number of phenols is 1. The van der Waals surface area contributed by atoms with Gasteiger partial charge < -0.3 is 9.84 Å². The van der Waals surface area contributed by atoms with E-state index >= 15 is 0 Å². The van der Waals surface area contributed by atoms with E-state index in [9.17, 15) is 5.11 Å². The Labute approximate surface area is 103 Å². The van der Waals surface area contributed by atoms with Crippen molar-refractivity contribution in [3.8, 4) is 11.5 Å². The molecule has 0 fully saturated rings. The fourth-order valence-electron chi connectivity index (χ4n) is 1.30. The van der Waals surface area contributed by atoms with Gasteiger partial charge in [0.1, 0.15) is 18.1 Å². The molecule has 0 amide bonds. The van der Waals surface area contributed by atoms with Crippen LogP contribution < -0.4 is 4.74 Å². The summed E-state index contributed by atoms with van der Waals surface area (Å²) in [5.41, 5.74) is 1.15. The smallest absolute Gasteiger partial charge is 0.132 e. The van der Waals surface area contributed by atoms with Gasteiger partial charge in [0, 0.05) is 11.0 Å². The lowest BCUT2D eigenvalue weighted by molar-refractivity contribution is 0.304. The maximum atomic E-state index is 9.65. The lowest BCUT2D eigenvalue weighted by Gasteiger charge is -2.07. The molecule has 0 atom stereocenters. The van der Waals surface area contributed by atoms with Gasteiger partial charge in [-0.1, -0.05) is 0 Å². The molecule has 1 N–H and O–H groups in total. The van der Waals surface area contributed by atoms with Crippen molar-refractivity contribution < 1.29 is 9.84 Å². The number of aromatic hydroxyl groups is 1. The Hall–Kier alpha value is -1.13. The average Bonchev–Trinajstić information content (AvgIpc) is 2.79. The van der Waals surface area contributed by atoms with Crippen molar-refractivity contribution >= 4 is 23.1 Å². The van der Waals surface area contributed by atoms with E-state index in [4.69, 9.17) is 4.74 Å². The van der Waals surface area contributed by atoms with Gasteiger partial charge in [-0.05, 0) is 40.8 Å². The molecule has 0 saturated carbocycles. The third-order valence-electron chi connectivity index (χ3n) is 2.14. The second-order valence-corrected chi connectivity index (χ2v) is 4.88. The van der Waals surface area contributed by atoms with Crippen molar-refractivity contribution in [3.63, 3.8) is 0 Å².